The maximum Gasteiger partial charge on any atom is 0.0541 e. The molecule has 0 aliphatic heterocycles. The summed E-state index contributed by atoms with van der Waals surface area (Å²) < 4.78 is 2.51. The Morgan fingerprint density at radius 3 is 1.58 bits per heavy atom. The van der Waals surface area contributed by atoms with Gasteiger partial charge in [0, 0.05) is 21.9 Å². The summed E-state index contributed by atoms with van der Waals surface area (Å²) in [5.74, 6) is 0. The molecule has 1 heteroatoms. The Morgan fingerprint density at radius 2 is 0.962 bits per heavy atom. The molecule has 0 fully saturated rings. The number of hydrogen-bond acceptors (Lipinski definition) is 0. The lowest BCUT2D eigenvalue weighted by molar-refractivity contribution is 0.487. The summed E-state index contributed by atoms with van der Waals surface area (Å²) in [5.41, 5.74) is 14.4. The van der Waals surface area contributed by atoms with Crippen LogP contribution in [0.4, 0.5) is 0 Å². The van der Waals surface area contributed by atoms with Crippen molar-refractivity contribution < 1.29 is 0 Å². The van der Waals surface area contributed by atoms with Gasteiger partial charge in [0.2, 0.25) is 0 Å². The zero-order valence-electron chi connectivity index (χ0n) is 30.6. The molecular formula is C52H43N. The lowest BCUT2D eigenvalue weighted by Gasteiger charge is -2.28. The van der Waals surface area contributed by atoms with E-state index >= 15 is 0 Å². The van der Waals surface area contributed by atoms with Crippen molar-refractivity contribution in [1.29, 1.82) is 0 Å². The van der Waals surface area contributed by atoms with Crippen molar-refractivity contribution in [1.82, 2.24) is 4.57 Å². The van der Waals surface area contributed by atoms with E-state index in [4.69, 9.17) is 0 Å². The quantitative estimate of drug-likeness (QED) is 0.141. The Hall–Kier alpha value is -5.92. The van der Waals surface area contributed by atoms with Crippen LogP contribution in [0, 0.1) is 0 Å². The smallest absolute Gasteiger partial charge is 0.0541 e. The fraction of sp³-hybridized carbons (Fsp3) is 0.154. The van der Waals surface area contributed by atoms with E-state index in [0.29, 0.717) is 0 Å². The van der Waals surface area contributed by atoms with Gasteiger partial charge in [-0.15, -0.1) is 0 Å². The topological polar surface area (TPSA) is 4.93 Å². The molecule has 0 saturated carbocycles. The fourth-order valence-electron chi connectivity index (χ4n) is 9.28. The number of fused-ring (bicyclic) bond motifs is 8. The summed E-state index contributed by atoms with van der Waals surface area (Å²) in [6.45, 7) is 4.79. The first kappa shape index (κ1) is 31.8. The third-order valence-electron chi connectivity index (χ3n) is 12.1. The molecule has 1 aliphatic carbocycles. The Kier molecular flexibility index (Phi) is 7.58. The van der Waals surface area contributed by atoms with E-state index in [2.05, 4.69) is 182 Å². The Balaban J connectivity index is 1.17. The first-order valence-corrected chi connectivity index (χ1v) is 19.4. The highest BCUT2D eigenvalue weighted by Crippen LogP contribution is 2.52. The normalized spacial score (nSPS) is 15.1. The van der Waals surface area contributed by atoms with Gasteiger partial charge < -0.3 is 4.57 Å². The highest BCUT2D eigenvalue weighted by Gasteiger charge is 2.39. The van der Waals surface area contributed by atoms with Crippen LogP contribution in [0.15, 0.2) is 164 Å². The summed E-state index contributed by atoms with van der Waals surface area (Å²) in [6.07, 6.45) is 6.25. The molecule has 8 aromatic carbocycles. The molecule has 1 atom stereocenters. The van der Waals surface area contributed by atoms with Crippen molar-refractivity contribution in [3.8, 4) is 39.1 Å². The van der Waals surface area contributed by atoms with Crippen LogP contribution in [-0.4, -0.2) is 4.57 Å². The molecule has 1 aromatic heterocycles. The minimum absolute atomic E-state index is 0.0130. The molecule has 0 radical (unpaired) electrons. The number of unbranched alkanes of at least 4 members (excludes halogenated alkanes) is 3. The Morgan fingerprint density at radius 1 is 0.434 bits per heavy atom. The van der Waals surface area contributed by atoms with Crippen molar-refractivity contribution in [3.05, 3.63) is 175 Å². The predicted octanol–water partition coefficient (Wildman–Crippen LogP) is 14.7. The summed E-state index contributed by atoms with van der Waals surface area (Å²) >= 11 is 0. The third-order valence-corrected chi connectivity index (χ3v) is 12.1. The van der Waals surface area contributed by atoms with Gasteiger partial charge in [0.25, 0.3) is 0 Å². The van der Waals surface area contributed by atoms with Crippen LogP contribution < -0.4 is 0 Å². The van der Waals surface area contributed by atoms with Crippen LogP contribution in [0.5, 0.6) is 0 Å². The second-order valence-corrected chi connectivity index (χ2v) is 15.3. The van der Waals surface area contributed by atoms with Crippen molar-refractivity contribution in [2.24, 2.45) is 0 Å². The first-order valence-electron chi connectivity index (χ1n) is 19.4. The lowest BCUT2D eigenvalue weighted by atomic mass is 9.76. The van der Waals surface area contributed by atoms with Crippen LogP contribution in [0.1, 0.15) is 57.1 Å². The number of nitrogens with zero attached hydrogens (tertiary/aromatic N) is 1. The molecule has 1 heterocycles. The predicted molar refractivity (Wildman–Crippen MR) is 227 cm³/mol. The molecule has 10 rings (SSSR count). The summed E-state index contributed by atoms with van der Waals surface area (Å²) in [6, 6.07) is 61.5. The zero-order chi connectivity index (χ0) is 35.5. The van der Waals surface area contributed by atoms with Gasteiger partial charge in [-0.2, -0.15) is 0 Å². The van der Waals surface area contributed by atoms with Gasteiger partial charge in [0.15, 0.2) is 0 Å². The molecule has 53 heavy (non-hydrogen) atoms. The van der Waals surface area contributed by atoms with Crippen LogP contribution in [0.2, 0.25) is 0 Å². The second-order valence-electron chi connectivity index (χ2n) is 15.3. The van der Waals surface area contributed by atoms with Crippen LogP contribution >= 0.6 is 0 Å². The fourth-order valence-corrected chi connectivity index (χ4v) is 9.28. The number of hydrogen-bond donors (Lipinski definition) is 0. The van der Waals surface area contributed by atoms with Crippen LogP contribution in [0.25, 0.3) is 82.4 Å². The van der Waals surface area contributed by atoms with Crippen molar-refractivity contribution >= 4 is 43.4 Å². The minimum Gasteiger partial charge on any atom is -0.309 e. The van der Waals surface area contributed by atoms with Gasteiger partial charge >= 0.3 is 0 Å². The van der Waals surface area contributed by atoms with E-state index in [9.17, 15) is 0 Å². The SMILES string of the molecule is CCCCCCC1(C)c2ccccc2-c2ccc(-n3c4ccc(-c5ccc6ccccc6c5)cc4c4cc(-c5ccc6ccccc6c5)ccc43)cc21. The van der Waals surface area contributed by atoms with Crippen molar-refractivity contribution in [3.63, 3.8) is 0 Å². The van der Waals surface area contributed by atoms with E-state index in [1.165, 1.54) is 119 Å². The van der Waals surface area contributed by atoms with Crippen LogP contribution in [-0.2, 0) is 5.41 Å². The number of benzene rings is 8. The van der Waals surface area contributed by atoms with Gasteiger partial charge in [0.1, 0.15) is 0 Å². The van der Waals surface area contributed by atoms with Gasteiger partial charge in [-0.05, 0) is 121 Å². The zero-order valence-corrected chi connectivity index (χ0v) is 30.6. The summed E-state index contributed by atoms with van der Waals surface area (Å²) in [7, 11) is 0. The molecule has 1 nitrogen and oxygen atoms in total. The highest BCUT2D eigenvalue weighted by atomic mass is 15.0. The largest absolute Gasteiger partial charge is 0.309 e. The van der Waals surface area contributed by atoms with Gasteiger partial charge in [-0.1, -0.05) is 155 Å². The van der Waals surface area contributed by atoms with Crippen molar-refractivity contribution in [2.75, 3.05) is 0 Å². The molecule has 0 bridgehead atoms. The molecule has 1 unspecified atom stereocenters. The second kappa shape index (κ2) is 12.6. The summed E-state index contributed by atoms with van der Waals surface area (Å²) in [4.78, 5) is 0. The molecular weight excluding hydrogens is 639 g/mol. The standard InChI is InChI=1S/C52H43N/c1-3-4-5-12-29-52(2)48-18-11-10-17-44(48)45-26-25-43(34-49(45)52)53-50-27-23-41(39-21-19-35-13-6-8-15-37(35)30-39)32-46(50)47-33-42(24-28-51(47)53)40-22-20-36-14-7-9-16-38(36)31-40/h6-11,13-28,30-34H,3-5,12,29H2,1-2H3. The lowest BCUT2D eigenvalue weighted by Crippen LogP contribution is -2.21. The molecule has 0 saturated heterocycles. The van der Waals surface area contributed by atoms with Crippen molar-refractivity contribution in [2.45, 2.75) is 51.4 Å². The highest BCUT2D eigenvalue weighted by molar-refractivity contribution is 6.12. The first-order chi connectivity index (χ1) is 26.1. The van der Waals surface area contributed by atoms with Gasteiger partial charge in [0.05, 0.1) is 11.0 Å². The Bertz CT molecular complexity index is 2710. The van der Waals surface area contributed by atoms with Gasteiger partial charge in [-0.3, -0.25) is 0 Å². The Labute approximate surface area is 312 Å². The average Bonchev–Trinajstić information content (AvgIpc) is 3.67. The van der Waals surface area contributed by atoms with E-state index in [-0.39, 0.29) is 5.41 Å². The number of rotatable bonds is 8. The van der Waals surface area contributed by atoms with E-state index < -0.39 is 0 Å². The van der Waals surface area contributed by atoms with Crippen LogP contribution in [0.3, 0.4) is 0 Å². The van der Waals surface area contributed by atoms with E-state index in [1.807, 2.05) is 0 Å². The maximum absolute atomic E-state index is 2.52. The molecule has 0 amide bonds. The average molecular weight is 682 g/mol. The van der Waals surface area contributed by atoms with Gasteiger partial charge in [-0.25, -0.2) is 0 Å². The minimum atomic E-state index is -0.0130. The molecule has 1 aliphatic rings. The molecule has 9 aromatic rings. The maximum atomic E-state index is 2.52. The third kappa shape index (κ3) is 5.21. The molecule has 256 valence electrons. The van der Waals surface area contributed by atoms with E-state index in [1.54, 1.807) is 0 Å². The summed E-state index contributed by atoms with van der Waals surface area (Å²) in [5, 5.41) is 7.62. The molecule has 0 N–H and O–H groups in total. The number of aromatic nitrogens is 1. The molecule has 0 spiro atoms. The van der Waals surface area contributed by atoms with E-state index in [0.717, 1.165) is 6.42 Å². The monoisotopic (exact) mass is 681 g/mol.